The molecule has 68 valence electrons. The zero-order valence-corrected chi connectivity index (χ0v) is 6.85. The van der Waals surface area contributed by atoms with E-state index < -0.39 is 22.8 Å². The Kier molecular flexibility index (Phi) is 3.99. The highest BCUT2D eigenvalue weighted by Crippen LogP contribution is 2.63. The minimum absolute atomic E-state index is 1.11. The zero-order valence-electron chi connectivity index (χ0n) is 5.06. The summed E-state index contributed by atoms with van der Waals surface area (Å²) in [6, 6.07) is 0. The number of phosphoric acid groups is 1. The second-order valence-corrected chi connectivity index (χ2v) is 4.19. The van der Waals surface area contributed by atoms with Crippen LogP contribution in [0.4, 0.5) is 0 Å². The lowest BCUT2D eigenvalue weighted by Crippen LogP contribution is -2.00. The van der Waals surface area contributed by atoms with Crippen LogP contribution in [0.2, 0.25) is 0 Å². The van der Waals surface area contributed by atoms with Crippen LogP contribution < -0.4 is 0 Å². The van der Waals surface area contributed by atoms with Gasteiger partial charge in [-0.1, -0.05) is 0 Å². The molecule has 8 nitrogen and oxygen atoms in total. The van der Waals surface area contributed by atoms with Crippen molar-refractivity contribution in [3.63, 3.8) is 0 Å². The Morgan fingerprint density at radius 1 is 1.36 bits per heavy atom. The van der Waals surface area contributed by atoms with Gasteiger partial charge >= 0.3 is 16.0 Å². The molecular formula is CH7O8P2+. The monoisotopic (exact) mass is 209 g/mol. The maximum Gasteiger partial charge on any atom is 0.582 e. The van der Waals surface area contributed by atoms with Gasteiger partial charge in [0.2, 0.25) is 0 Å². The molecule has 0 spiro atoms. The summed E-state index contributed by atoms with van der Waals surface area (Å²) in [5.41, 5.74) is 0. The number of hydrogen-bond acceptors (Lipinski definition) is 6. The van der Waals surface area contributed by atoms with Crippen molar-refractivity contribution in [1.29, 1.82) is 0 Å². The van der Waals surface area contributed by atoms with Gasteiger partial charge in [-0.3, -0.25) is 0 Å². The van der Waals surface area contributed by atoms with Crippen LogP contribution in [0.5, 0.6) is 0 Å². The lowest BCUT2D eigenvalue weighted by molar-refractivity contribution is 0.0484. The van der Waals surface area contributed by atoms with Gasteiger partial charge in [0.25, 0.3) is 0 Å². The number of hydrogen-bond donors (Lipinski definition) is 5. The molecule has 0 aromatic carbocycles. The maximum atomic E-state index is 9.94. The summed E-state index contributed by atoms with van der Waals surface area (Å²) in [6.45, 7) is -1.11. The molecule has 0 rings (SSSR count). The summed E-state index contributed by atoms with van der Waals surface area (Å²) in [5, 5.41) is 7.95. The topological polar surface area (TPSA) is 137 Å². The number of aliphatic hydroxyl groups excluding tert-OH is 1. The molecule has 0 saturated carbocycles. The summed E-state index contributed by atoms with van der Waals surface area (Å²) < 4.78 is 17.0. The Balaban J connectivity index is 4.02. The van der Waals surface area contributed by atoms with Gasteiger partial charge in [-0.2, -0.15) is 9.79 Å². The highest BCUT2D eigenvalue weighted by atomic mass is 31.3. The molecule has 11 heavy (non-hydrogen) atoms. The Morgan fingerprint density at radius 2 is 1.82 bits per heavy atom. The fourth-order valence-electron chi connectivity index (χ4n) is 0.237. The third-order valence-corrected chi connectivity index (χ3v) is 2.59. The van der Waals surface area contributed by atoms with E-state index in [1.165, 1.54) is 0 Å². The largest absolute Gasteiger partial charge is 0.582 e. The number of aliphatic hydroxyl groups is 1. The van der Waals surface area contributed by atoms with Gasteiger partial charge in [-0.25, -0.2) is 4.57 Å². The minimum atomic E-state index is -5.00. The standard InChI is InChI=1S/CH6O8P2/c2-1-8-11(6,7)9-10(3,4)5/h2,6-7H,1H2,(H-,3,4,5)/p+1. The first-order valence-electron chi connectivity index (χ1n) is 2.14. The SMILES string of the molecule is O=P(O)(O)O[P+](O)(O)OCO. The Hall–Kier alpha value is 0.380. The van der Waals surface area contributed by atoms with Crippen LogP contribution >= 0.6 is 16.0 Å². The fourth-order valence-corrected chi connectivity index (χ4v) is 1.68. The van der Waals surface area contributed by atoms with Crippen LogP contribution in [-0.2, 0) is 13.4 Å². The third-order valence-electron chi connectivity index (χ3n) is 0.439. The normalized spacial score (nSPS) is 13.5. The van der Waals surface area contributed by atoms with Crippen molar-refractivity contribution in [1.82, 2.24) is 0 Å². The van der Waals surface area contributed by atoms with Crippen LogP contribution in [0.25, 0.3) is 0 Å². The smallest absolute Gasteiger partial charge is 0.367 e. The van der Waals surface area contributed by atoms with E-state index in [1.807, 2.05) is 0 Å². The molecule has 10 heteroatoms. The van der Waals surface area contributed by atoms with Crippen LogP contribution in [0.3, 0.4) is 0 Å². The summed E-state index contributed by atoms with van der Waals surface area (Å²) in [4.78, 5) is 32.9. The van der Waals surface area contributed by atoms with E-state index in [2.05, 4.69) is 8.83 Å². The first-order chi connectivity index (χ1) is 4.77. The Morgan fingerprint density at radius 3 is 2.09 bits per heavy atom. The van der Waals surface area contributed by atoms with E-state index in [0.29, 0.717) is 0 Å². The van der Waals surface area contributed by atoms with Gasteiger partial charge in [-0.05, 0) is 4.31 Å². The van der Waals surface area contributed by atoms with Crippen molar-refractivity contribution in [3.8, 4) is 0 Å². The van der Waals surface area contributed by atoms with Crippen molar-refractivity contribution in [3.05, 3.63) is 0 Å². The van der Waals surface area contributed by atoms with Crippen molar-refractivity contribution in [2.75, 3.05) is 6.79 Å². The van der Waals surface area contributed by atoms with Crippen molar-refractivity contribution < 1.29 is 38.1 Å². The molecule has 0 aromatic rings. The van der Waals surface area contributed by atoms with Crippen LogP contribution in [0, 0.1) is 0 Å². The van der Waals surface area contributed by atoms with Gasteiger partial charge < -0.3 is 14.9 Å². The summed E-state index contributed by atoms with van der Waals surface area (Å²) >= 11 is 0. The molecule has 0 fully saturated rings. The molecule has 0 radical (unpaired) electrons. The van der Waals surface area contributed by atoms with E-state index in [1.54, 1.807) is 0 Å². The molecule has 0 saturated heterocycles. The van der Waals surface area contributed by atoms with Gasteiger partial charge in [0, 0.05) is 0 Å². The first kappa shape index (κ1) is 11.4. The molecule has 0 aliphatic carbocycles. The van der Waals surface area contributed by atoms with Gasteiger partial charge in [0.15, 0.2) is 6.79 Å². The predicted octanol–water partition coefficient (Wildman–Crippen LogP) is -1.28. The highest BCUT2D eigenvalue weighted by molar-refractivity contribution is 7.64. The average Bonchev–Trinajstić information content (AvgIpc) is 1.55. The van der Waals surface area contributed by atoms with Crippen molar-refractivity contribution in [2.24, 2.45) is 0 Å². The summed E-state index contributed by atoms with van der Waals surface area (Å²) in [7, 11) is -9.58. The van der Waals surface area contributed by atoms with E-state index in [4.69, 9.17) is 24.7 Å². The molecule has 0 aliphatic heterocycles. The summed E-state index contributed by atoms with van der Waals surface area (Å²) in [5.74, 6) is 0. The van der Waals surface area contributed by atoms with Gasteiger partial charge in [0.1, 0.15) is 0 Å². The molecule has 0 unspecified atom stereocenters. The van der Waals surface area contributed by atoms with E-state index in [-0.39, 0.29) is 0 Å². The molecule has 0 heterocycles. The minimum Gasteiger partial charge on any atom is -0.367 e. The van der Waals surface area contributed by atoms with Crippen molar-refractivity contribution in [2.45, 2.75) is 0 Å². The van der Waals surface area contributed by atoms with Crippen LogP contribution in [0.15, 0.2) is 0 Å². The highest BCUT2D eigenvalue weighted by Gasteiger charge is 2.47. The number of rotatable bonds is 4. The van der Waals surface area contributed by atoms with Crippen LogP contribution in [-0.4, -0.2) is 31.5 Å². The Bertz CT molecular complexity index is 157. The van der Waals surface area contributed by atoms with Crippen molar-refractivity contribution >= 4 is 16.0 Å². The van der Waals surface area contributed by atoms with E-state index in [0.717, 1.165) is 0 Å². The quantitative estimate of drug-likeness (QED) is 0.285. The fraction of sp³-hybridized carbons (Fsp3) is 1.00. The van der Waals surface area contributed by atoms with E-state index in [9.17, 15) is 4.57 Å². The molecule has 0 amide bonds. The third kappa shape index (κ3) is 6.77. The molecule has 0 aliphatic rings. The lowest BCUT2D eigenvalue weighted by Gasteiger charge is -2.06. The molecule has 0 bridgehead atoms. The summed E-state index contributed by atoms with van der Waals surface area (Å²) in [6.07, 6.45) is 0. The molecule has 0 aromatic heterocycles. The lowest BCUT2D eigenvalue weighted by atomic mass is 11.6. The van der Waals surface area contributed by atoms with Crippen LogP contribution in [0.1, 0.15) is 0 Å². The maximum absolute atomic E-state index is 9.94. The van der Waals surface area contributed by atoms with Gasteiger partial charge in [0.05, 0.1) is 0 Å². The van der Waals surface area contributed by atoms with Gasteiger partial charge in [-0.15, -0.1) is 4.52 Å². The molecule has 5 N–H and O–H groups in total. The Labute approximate surface area is 61.9 Å². The zero-order chi connectivity index (χ0) is 9.12. The molecular weight excluding hydrogens is 202 g/mol. The second-order valence-electron chi connectivity index (χ2n) is 1.32. The second kappa shape index (κ2) is 3.86. The first-order valence-corrected chi connectivity index (χ1v) is 5.20. The predicted molar refractivity (Wildman–Crippen MR) is 32.7 cm³/mol. The molecule has 0 atom stereocenters. The van der Waals surface area contributed by atoms with E-state index >= 15 is 0 Å². The average molecular weight is 209 g/mol.